The summed E-state index contributed by atoms with van der Waals surface area (Å²) in [5.41, 5.74) is 7.32. The molecule has 0 aromatic carbocycles. The predicted molar refractivity (Wildman–Crippen MR) is 102 cm³/mol. The molecule has 0 aliphatic carbocycles. The van der Waals surface area contributed by atoms with E-state index in [2.05, 4.69) is 25.3 Å². The third-order valence-corrected chi connectivity index (χ3v) is 4.86. The van der Waals surface area contributed by atoms with Gasteiger partial charge in [0.05, 0.1) is 23.1 Å². The first-order valence-electron chi connectivity index (χ1n) is 8.09. The number of pyridine rings is 1. The second-order valence-corrected chi connectivity index (χ2v) is 9.18. The van der Waals surface area contributed by atoms with Crippen LogP contribution in [-0.4, -0.2) is 40.5 Å². The van der Waals surface area contributed by atoms with Crippen LogP contribution in [0.15, 0.2) is 29.6 Å². The lowest BCUT2D eigenvalue weighted by Crippen LogP contribution is -2.18. The van der Waals surface area contributed by atoms with Gasteiger partial charge in [0.1, 0.15) is 5.52 Å². The molecular formula is C17H20N6O3S. The molecule has 0 atom stereocenters. The van der Waals surface area contributed by atoms with Gasteiger partial charge >= 0.3 is 0 Å². The Morgan fingerprint density at radius 2 is 1.93 bits per heavy atom. The van der Waals surface area contributed by atoms with Crippen LogP contribution in [0.1, 0.15) is 36.8 Å². The first-order chi connectivity index (χ1) is 12.5. The number of nitrogens with zero attached hydrogens (tertiary/aromatic N) is 3. The van der Waals surface area contributed by atoms with E-state index in [4.69, 9.17) is 5.73 Å². The number of hydrogen-bond donors (Lipinski definition) is 3. The van der Waals surface area contributed by atoms with E-state index in [-0.39, 0.29) is 16.0 Å². The van der Waals surface area contributed by atoms with Gasteiger partial charge in [-0.2, -0.15) is 0 Å². The topological polar surface area (TPSA) is 144 Å². The van der Waals surface area contributed by atoms with Gasteiger partial charge in [-0.25, -0.2) is 23.4 Å². The monoisotopic (exact) mass is 388 g/mol. The van der Waals surface area contributed by atoms with E-state index in [1.165, 1.54) is 18.5 Å². The summed E-state index contributed by atoms with van der Waals surface area (Å²) in [5.74, 6) is -0.171. The van der Waals surface area contributed by atoms with Crippen LogP contribution in [0, 0.1) is 0 Å². The zero-order chi connectivity index (χ0) is 20.0. The number of nitrogens with two attached hydrogens (primary N) is 1. The first kappa shape index (κ1) is 18.8. The molecule has 142 valence electrons. The average molecular weight is 388 g/mol. The van der Waals surface area contributed by atoms with E-state index < -0.39 is 15.7 Å². The van der Waals surface area contributed by atoms with Crippen molar-refractivity contribution >= 4 is 38.4 Å². The number of sulfone groups is 1. The number of nitrogens with one attached hydrogen (secondary N) is 2. The van der Waals surface area contributed by atoms with Crippen LogP contribution in [-0.2, 0) is 15.3 Å². The highest BCUT2D eigenvalue weighted by Gasteiger charge is 2.24. The van der Waals surface area contributed by atoms with Crippen LogP contribution in [0.4, 0.5) is 11.5 Å². The van der Waals surface area contributed by atoms with E-state index in [1.54, 1.807) is 6.07 Å². The summed E-state index contributed by atoms with van der Waals surface area (Å²) in [6.45, 7) is 5.95. The molecule has 0 unspecified atom stereocenters. The summed E-state index contributed by atoms with van der Waals surface area (Å²) < 4.78 is 23.1. The van der Waals surface area contributed by atoms with Crippen molar-refractivity contribution in [1.29, 1.82) is 0 Å². The lowest BCUT2D eigenvalue weighted by atomic mass is 9.91. The number of carbonyl (C=O) groups excluding carboxylic acids is 1. The molecule has 0 radical (unpaired) electrons. The molecule has 1 amide bonds. The molecule has 27 heavy (non-hydrogen) atoms. The van der Waals surface area contributed by atoms with Gasteiger partial charge in [-0.3, -0.25) is 4.79 Å². The quantitative estimate of drug-likeness (QED) is 0.619. The maximum atomic E-state index is 11.6. The minimum Gasteiger partial charge on any atom is -0.365 e. The summed E-state index contributed by atoms with van der Waals surface area (Å²) in [7, 11) is -3.38. The minimum absolute atomic E-state index is 0.0210. The van der Waals surface area contributed by atoms with E-state index in [1.807, 2.05) is 20.8 Å². The van der Waals surface area contributed by atoms with Crippen molar-refractivity contribution in [2.45, 2.75) is 31.2 Å². The van der Waals surface area contributed by atoms with Gasteiger partial charge in [-0.15, -0.1) is 0 Å². The van der Waals surface area contributed by atoms with Crippen LogP contribution >= 0.6 is 0 Å². The zero-order valence-corrected chi connectivity index (χ0v) is 16.2. The molecule has 10 heteroatoms. The molecule has 3 aromatic heterocycles. The normalized spacial score (nSPS) is 12.3. The number of carbonyl (C=O) groups is 1. The molecule has 4 N–H and O–H groups in total. The number of aromatic amines is 1. The fraction of sp³-hybridized carbons (Fsp3) is 0.294. The smallest absolute Gasteiger partial charge is 0.252 e. The summed E-state index contributed by atoms with van der Waals surface area (Å²) in [4.78, 5) is 27.6. The number of primary amides is 1. The second kappa shape index (κ2) is 6.31. The molecule has 0 spiro atoms. The highest BCUT2D eigenvalue weighted by Crippen LogP contribution is 2.31. The maximum Gasteiger partial charge on any atom is 0.252 e. The molecule has 0 bridgehead atoms. The standard InChI is InChI=1S/C17H20N6O3S/c1-17(2,3)13-16(21-9-5-6-11(19-7-9)27(4,25)26)22-12-10(14(18)24)8-20-15(12)23-13/h5-8H,1-4H3,(H2,18,24)(H,20,23)(H,21,22). The molecule has 0 saturated carbocycles. The summed E-state index contributed by atoms with van der Waals surface area (Å²) in [5, 5.41) is 3.09. The Bertz CT molecular complexity index is 1130. The van der Waals surface area contributed by atoms with Gasteiger partial charge in [0.25, 0.3) is 5.91 Å². The van der Waals surface area contributed by atoms with Gasteiger partial charge in [0.2, 0.25) is 0 Å². The Balaban J connectivity index is 2.11. The Morgan fingerprint density at radius 1 is 1.22 bits per heavy atom. The zero-order valence-electron chi connectivity index (χ0n) is 15.4. The van der Waals surface area contributed by atoms with Crippen molar-refractivity contribution in [2.75, 3.05) is 11.6 Å². The molecule has 0 aliphatic heterocycles. The summed E-state index contributed by atoms with van der Waals surface area (Å²) in [6.07, 6.45) is 3.98. The van der Waals surface area contributed by atoms with Crippen LogP contribution in [0.5, 0.6) is 0 Å². The molecular weight excluding hydrogens is 368 g/mol. The highest BCUT2D eigenvalue weighted by molar-refractivity contribution is 7.90. The summed E-state index contributed by atoms with van der Waals surface area (Å²) in [6, 6.07) is 3.00. The average Bonchev–Trinajstić information content (AvgIpc) is 2.96. The van der Waals surface area contributed by atoms with Crippen molar-refractivity contribution in [3.63, 3.8) is 0 Å². The molecule has 0 fully saturated rings. The predicted octanol–water partition coefficient (Wildman–Crippen LogP) is 1.90. The number of fused-ring (bicyclic) bond motifs is 1. The molecule has 3 rings (SSSR count). The Kier molecular flexibility index (Phi) is 4.38. The fourth-order valence-electron chi connectivity index (χ4n) is 2.54. The van der Waals surface area contributed by atoms with E-state index in [0.717, 1.165) is 6.26 Å². The van der Waals surface area contributed by atoms with Gasteiger partial charge in [0.15, 0.2) is 26.3 Å². The van der Waals surface area contributed by atoms with Gasteiger partial charge < -0.3 is 16.0 Å². The molecule has 3 aromatic rings. The number of aromatic nitrogens is 4. The van der Waals surface area contributed by atoms with Crippen molar-refractivity contribution in [1.82, 2.24) is 19.9 Å². The number of H-pyrrole nitrogens is 1. The van der Waals surface area contributed by atoms with Crippen LogP contribution in [0.25, 0.3) is 11.2 Å². The number of rotatable bonds is 4. The van der Waals surface area contributed by atoms with Crippen molar-refractivity contribution in [2.24, 2.45) is 5.73 Å². The van der Waals surface area contributed by atoms with E-state index >= 15 is 0 Å². The van der Waals surface area contributed by atoms with Crippen LogP contribution in [0.2, 0.25) is 0 Å². The van der Waals surface area contributed by atoms with Crippen molar-refractivity contribution < 1.29 is 13.2 Å². The lowest BCUT2D eigenvalue weighted by Gasteiger charge is -2.21. The third kappa shape index (κ3) is 3.75. The van der Waals surface area contributed by atoms with E-state index in [9.17, 15) is 13.2 Å². The maximum absolute atomic E-state index is 11.6. The van der Waals surface area contributed by atoms with Gasteiger partial charge in [0, 0.05) is 17.9 Å². The molecule has 3 heterocycles. The lowest BCUT2D eigenvalue weighted by molar-refractivity contribution is 0.100. The largest absolute Gasteiger partial charge is 0.365 e. The number of amides is 1. The van der Waals surface area contributed by atoms with E-state index in [0.29, 0.717) is 28.4 Å². The third-order valence-electron chi connectivity index (χ3n) is 3.86. The number of anilines is 2. The highest BCUT2D eigenvalue weighted by atomic mass is 32.2. The van der Waals surface area contributed by atoms with Gasteiger partial charge in [-0.1, -0.05) is 20.8 Å². The van der Waals surface area contributed by atoms with Gasteiger partial charge in [-0.05, 0) is 12.1 Å². The Hall–Kier alpha value is -3.01. The van der Waals surface area contributed by atoms with Crippen LogP contribution < -0.4 is 11.1 Å². The van der Waals surface area contributed by atoms with Crippen LogP contribution in [0.3, 0.4) is 0 Å². The molecule has 0 aliphatic rings. The first-order valence-corrected chi connectivity index (χ1v) is 9.98. The SMILES string of the molecule is CC(C)(C)c1nc2[nH]cc(C(N)=O)c2nc1Nc1ccc(S(C)(=O)=O)nc1. The number of hydrogen-bond acceptors (Lipinski definition) is 7. The fourth-order valence-corrected chi connectivity index (χ4v) is 3.10. The Morgan fingerprint density at radius 3 is 2.44 bits per heavy atom. The molecule has 9 nitrogen and oxygen atoms in total. The minimum atomic E-state index is -3.38. The Labute approximate surface area is 156 Å². The molecule has 0 saturated heterocycles. The second-order valence-electron chi connectivity index (χ2n) is 7.22. The summed E-state index contributed by atoms with van der Waals surface area (Å²) >= 11 is 0. The van der Waals surface area contributed by atoms with Crippen molar-refractivity contribution in [3.8, 4) is 0 Å². The van der Waals surface area contributed by atoms with Crippen molar-refractivity contribution in [3.05, 3.63) is 35.8 Å².